The van der Waals surface area contributed by atoms with Crippen molar-refractivity contribution in [3.63, 3.8) is 0 Å². The monoisotopic (exact) mass is 534 g/mol. The Morgan fingerprint density at radius 1 is 1.08 bits per heavy atom. The van der Waals surface area contributed by atoms with E-state index in [2.05, 4.69) is 30.7 Å². The molecule has 5 rings (SSSR count). The number of anilines is 2. The van der Waals surface area contributed by atoms with Gasteiger partial charge in [-0.1, -0.05) is 0 Å². The normalized spacial score (nSPS) is 19.5. The molecule has 3 aromatic heterocycles. The van der Waals surface area contributed by atoms with Crippen LogP contribution in [0.4, 0.5) is 38.0 Å². The van der Waals surface area contributed by atoms with Crippen molar-refractivity contribution in [1.82, 2.24) is 29.7 Å². The molecule has 2 bridgehead atoms. The summed E-state index contributed by atoms with van der Waals surface area (Å²) in [4.78, 5) is 28.1. The number of carboxylic acid groups (broad SMARTS) is 1. The number of carbonyl (C=O) groups excluding carboxylic acids is 1. The highest BCUT2D eigenvalue weighted by atomic mass is 19.4. The van der Waals surface area contributed by atoms with Gasteiger partial charge in [-0.05, 0) is 25.0 Å². The SMILES string of the molecule is Cn1cc(NC(=O)c2ccc3cnc(N4CC5CCC(C4)N5)nn23)c(C(F)(F)F)n1.O=C(O)C(F)(F)F. The van der Waals surface area contributed by atoms with Crippen LogP contribution in [0, 0.1) is 0 Å². The zero-order valence-corrected chi connectivity index (χ0v) is 19.0. The molecule has 0 spiro atoms. The average Bonchev–Trinajstić information content (AvgIpc) is 3.49. The number of aromatic nitrogens is 5. The molecule has 2 aliphatic heterocycles. The highest BCUT2D eigenvalue weighted by Crippen LogP contribution is 2.33. The lowest BCUT2D eigenvalue weighted by molar-refractivity contribution is -0.192. The van der Waals surface area contributed by atoms with Crippen LogP contribution in [-0.2, 0) is 18.0 Å². The van der Waals surface area contributed by atoms with Crippen molar-refractivity contribution in [2.24, 2.45) is 7.05 Å². The predicted octanol–water partition coefficient (Wildman–Crippen LogP) is 2.31. The molecule has 1 amide bonds. The van der Waals surface area contributed by atoms with Gasteiger partial charge in [0.15, 0.2) is 5.69 Å². The van der Waals surface area contributed by atoms with E-state index in [-0.39, 0.29) is 5.69 Å². The highest BCUT2D eigenvalue weighted by molar-refractivity contribution is 6.04. The summed E-state index contributed by atoms with van der Waals surface area (Å²) in [6.45, 7) is 1.55. The van der Waals surface area contributed by atoms with Crippen molar-refractivity contribution in [2.75, 3.05) is 23.3 Å². The van der Waals surface area contributed by atoms with E-state index in [1.807, 2.05) is 0 Å². The molecule has 17 heteroatoms. The second kappa shape index (κ2) is 9.53. The Morgan fingerprint density at radius 3 is 2.27 bits per heavy atom. The topological polar surface area (TPSA) is 130 Å². The van der Waals surface area contributed by atoms with Gasteiger partial charge in [0.2, 0.25) is 5.95 Å². The van der Waals surface area contributed by atoms with Crippen LogP contribution in [0.2, 0.25) is 0 Å². The number of hydrogen-bond donors (Lipinski definition) is 3. The molecule has 0 aliphatic carbocycles. The van der Waals surface area contributed by atoms with E-state index < -0.39 is 35.6 Å². The Labute approximate surface area is 204 Å². The Hall–Kier alpha value is -3.89. The maximum atomic E-state index is 13.2. The summed E-state index contributed by atoms with van der Waals surface area (Å²) in [5.74, 6) is -2.98. The number of aryl methyl sites for hydroxylation is 1. The minimum atomic E-state index is -5.08. The number of carbonyl (C=O) groups is 2. The highest BCUT2D eigenvalue weighted by Gasteiger charge is 2.39. The van der Waals surface area contributed by atoms with E-state index in [1.54, 1.807) is 12.3 Å². The molecule has 5 heterocycles. The molecule has 0 saturated carbocycles. The van der Waals surface area contributed by atoms with Gasteiger partial charge in [0, 0.05) is 38.4 Å². The van der Waals surface area contributed by atoms with Gasteiger partial charge in [0.25, 0.3) is 5.91 Å². The molecular weight excluding hydrogens is 514 g/mol. The second-order valence-electron chi connectivity index (χ2n) is 8.48. The zero-order valence-electron chi connectivity index (χ0n) is 19.0. The lowest BCUT2D eigenvalue weighted by atomic mass is 10.2. The number of hydrogen-bond acceptors (Lipinski definition) is 7. The van der Waals surface area contributed by atoms with E-state index in [1.165, 1.54) is 17.6 Å². The molecule has 3 N–H and O–H groups in total. The van der Waals surface area contributed by atoms with Gasteiger partial charge in [-0.3, -0.25) is 9.48 Å². The van der Waals surface area contributed by atoms with Gasteiger partial charge in [-0.15, -0.1) is 5.10 Å². The number of carboxylic acids is 1. The fourth-order valence-electron chi connectivity index (χ4n) is 4.15. The van der Waals surface area contributed by atoms with Gasteiger partial charge in [-0.2, -0.15) is 31.4 Å². The summed E-state index contributed by atoms with van der Waals surface area (Å²) < 4.78 is 73.7. The zero-order chi connectivity index (χ0) is 27.1. The lowest BCUT2D eigenvalue weighted by Crippen LogP contribution is -2.51. The van der Waals surface area contributed by atoms with Crippen LogP contribution in [0.1, 0.15) is 29.0 Å². The third-order valence-corrected chi connectivity index (χ3v) is 5.71. The summed E-state index contributed by atoms with van der Waals surface area (Å²) in [5.41, 5.74) is -0.864. The number of aliphatic carboxylic acids is 1. The minimum Gasteiger partial charge on any atom is -0.475 e. The van der Waals surface area contributed by atoms with Crippen molar-refractivity contribution >= 4 is 29.0 Å². The van der Waals surface area contributed by atoms with Crippen molar-refractivity contribution in [2.45, 2.75) is 37.3 Å². The van der Waals surface area contributed by atoms with Crippen LogP contribution in [0.3, 0.4) is 0 Å². The van der Waals surface area contributed by atoms with Crippen molar-refractivity contribution in [3.05, 3.63) is 35.9 Å². The fraction of sp³-hybridized carbons (Fsp3) is 0.450. The Morgan fingerprint density at radius 2 is 1.70 bits per heavy atom. The van der Waals surface area contributed by atoms with Crippen LogP contribution in [-0.4, -0.2) is 72.7 Å². The number of amides is 1. The molecule has 2 unspecified atom stereocenters. The molecule has 0 radical (unpaired) electrons. The molecule has 2 atom stereocenters. The van der Waals surface area contributed by atoms with E-state index in [0.717, 1.165) is 36.8 Å². The molecule has 37 heavy (non-hydrogen) atoms. The van der Waals surface area contributed by atoms with Crippen LogP contribution in [0.15, 0.2) is 24.5 Å². The molecule has 200 valence electrons. The first kappa shape index (κ1) is 26.2. The van der Waals surface area contributed by atoms with E-state index in [9.17, 15) is 31.1 Å². The molecule has 2 fully saturated rings. The maximum absolute atomic E-state index is 13.2. The largest absolute Gasteiger partial charge is 0.490 e. The van der Waals surface area contributed by atoms with Crippen LogP contribution in [0.5, 0.6) is 0 Å². The fourth-order valence-corrected chi connectivity index (χ4v) is 4.15. The third-order valence-electron chi connectivity index (χ3n) is 5.71. The van der Waals surface area contributed by atoms with Crippen LogP contribution < -0.4 is 15.5 Å². The molecule has 3 aromatic rings. The number of alkyl halides is 6. The quantitative estimate of drug-likeness (QED) is 0.437. The van der Waals surface area contributed by atoms with Crippen LogP contribution >= 0.6 is 0 Å². The summed E-state index contributed by atoms with van der Waals surface area (Å²) in [6.07, 6.45) is -4.83. The van der Waals surface area contributed by atoms with Crippen molar-refractivity contribution in [1.29, 1.82) is 0 Å². The van der Waals surface area contributed by atoms with Gasteiger partial charge >= 0.3 is 18.3 Å². The van der Waals surface area contributed by atoms with Crippen molar-refractivity contribution in [3.8, 4) is 0 Å². The summed E-state index contributed by atoms with van der Waals surface area (Å²) in [5, 5.41) is 20.9. The van der Waals surface area contributed by atoms with E-state index in [0.29, 0.717) is 23.5 Å². The van der Waals surface area contributed by atoms with Gasteiger partial charge < -0.3 is 20.6 Å². The summed E-state index contributed by atoms with van der Waals surface area (Å²) in [6, 6.07) is 3.94. The predicted molar refractivity (Wildman–Crippen MR) is 115 cm³/mol. The first-order valence-corrected chi connectivity index (χ1v) is 10.8. The average molecular weight is 534 g/mol. The molecule has 2 saturated heterocycles. The van der Waals surface area contributed by atoms with Gasteiger partial charge in [0.1, 0.15) is 5.69 Å². The number of rotatable bonds is 3. The smallest absolute Gasteiger partial charge is 0.475 e. The maximum Gasteiger partial charge on any atom is 0.490 e. The minimum absolute atomic E-state index is 0.115. The van der Waals surface area contributed by atoms with E-state index >= 15 is 0 Å². The second-order valence-corrected chi connectivity index (χ2v) is 8.48. The third kappa shape index (κ3) is 5.76. The summed E-state index contributed by atoms with van der Waals surface area (Å²) >= 11 is 0. The molecule has 11 nitrogen and oxygen atoms in total. The first-order chi connectivity index (χ1) is 17.2. The summed E-state index contributed by atoms with van der Waals surface area (Å²) in [7, 11) is 1.36. The van der Waals surface area contributed by atoms with Crippen LogP contribution in [0.25, 0.3) is 5.52 Å². The molecule has 0 aromatic carbocycles. The Kier molecular flexibility index (Phi) is 6.74. The first-order valence-electron chi connectivity index (χ1n) is 10.8. The van der Waals surface area contributed by atoms with Gasteiger partial charge in [-0.25, -0.2) is 14.3 Å². The number of nitrogens with one attached hydrogen (secondary N) is 2. The number of halogens is 6. The Balaban J connectivity index is 0.000000405. The molecular formula is C20H20F6N8O3. The number of piperazine rings is 1. The molecule has 2 aliphatic rings. The standard InChI is InChI=1S/C18H19F3N8O.C2HF3O2/c1-27-9-13(15(25-27)18(19,20)21)24-16(30)14-5-4-12-6-22-17(26-29(12)14)28-7-10-2-3-11(8-28)23-10;3-2(4,5)1(6)7/h4-6,9-11,23H,2-3,7-8H2,1H3,(H,24,30);(H,6,7). The van der Waals surface area contributed by atoms with Gasteiger partial charge in [0.05, 0.1) is 17.4 Å². The number of fused-ring (bicyclic) bond motifs is 3. The lowest BCUT2D eigenvalue weighted by Gasteiger charge is -2.32. The Bertz CT molecular complexity index is 1310. The van der Waals surface area contributed by atoms with E-state index in [4.69, 9.17) is 9.90 Å². The number of nitrogens with zero attached hydrogens (tertiary/aromatic N) is 6. The van der Waals surface area contributed by atoms with Crippen molar-refractivity contribution < 1.29 is 41.0 Å².